The molecule has 1 unspecified atom stereocenters. The third kappa shape index (κ3) is 3.06. The Labute approximate surface area is 108 Å². The molecule has 0 aromatic carbocycles. The van der Waals surface area contributed by atoms with Gasteiger partial charge in [-0.15, -0.1) is 0 Å². The van der Waals surface area contributed by atoms with Crippen molar-refractivity contribution in [1.29, 1.82) is 0 Å². The molecule has 0 aromatic heterocycles. The minimum absolute atomic E-state index is 0.263. The molecule has 1 fully saturated rings. The second-order valence-electron chi connectivity index (χ2n) is 4.01. The van der Waals surface area contributed by atoms with Crippen LogP contribution in [0.2, 0.25) is 0 Å². The first-order chi connectivity index (χ1) is 8.82. The number of aliphatic hydroxyl groups is 1. The quantitative estimate of drug-likeness (QED) is 0.478. The maximum absolute atomic E-state index is 11.8. The van der Waals surface area contributed by atoms with E-state index in [1.165, 1.54) is 6.92 Å². The van der Waals surface area contributed by atoms with Gasteiger partial charge >= 0.3 is 5.97 Å². The Hall–Kier alpha value is -2.00. The molecule has 106 valence electrons. The van der Waals surface area contributed by atoms with E-state index in [4.69, 9.17) is 9.94 Å². The van der Waals surface area contributed by atoms with E-state index in [9.17, 15) is 24.3 Å². The molecule has 9 nitrogen and oxygen atoms in total. The number of carbonyl (C=O) groups is 4. The molecule has 0 aromatic rings. The number of hydrogen-bond acceptors (Lipinski definition) is 6. The van der Waals surface area contributed by atoms with Crippen LogP contribution in [0.15, 0.2) is 0 Å². The zero-order chi connectivity index (χ0) is 14.6. The highest BCUT2D eigenvalue weighted by atomic mass is 16.7. The van der Waals surface area contributed by atoms with Crippen LogP contribution < -0.4 is 5.32 Å². The Morgan fingerprint density at radius 2 is 2.26 bits per heavy atom. The van der Waals surface area contributed by atoms with Crippen molar-refractivity contribution < 1.29 is 34.2 Å². The summed E-state index contributed by atoms with van der Waals surface area (Å²) in [5.41, 5.74) is -2.63. The molecule has 1 heterocycles. The van der Waals surface area contributed by atoms with Crippen molar-refractivity contribution in [2.24, 2.45) is 0 Å². The molecule has 0 aliphatic carbocycles. The van der Waals surface area contributed by atoms with Gasteiger partial charge in [-0.05, 0) is 0 Å². The number of amides is 2. The second-order valence-corrected chi connectivity index (χ2v) is 4.01. The van der Waals surface area contributed by atoms with E-state index in [0.717, 1.165) is 0 Å². The van der Waals surface area contributed by atoms with Crippen LogP contribution in [0, 0.1) is 0 Å². The van der Waals surface area contributed by atoms with Crippen LogP contribution in [0.5, 0.6) is 0 Å². The Balaban J connectivity index is 2.87. The highest BCUT2D eigenvalue weighted by Crippen LogP contribution is 2.24. The second kappa shape index (κ2) is 5.76. The van der Waals surface area contributed by atoms with Gasteiger partial charge in [0.1, 0.15) is 18.9 Å². The van der Waals surface area contributed by atoms with Gasteiger partial charge in [0.2, 0.25) is 5.91 Å². The molecule has 0 bridgehead atoms. The Bertz CT molecular complexity index is 411. The maximum Gasteiger partial charge on any atom is 0.359 e. The van der Waals surface area contributed by atoms with Crippen LogP contribution in [0.1, 0.15) is 19.8 Å². The Morgan fingerprint density at radius 1 is 1.63 bits per heavy atom. The number of carboxylic acids is 1. The number of carboxylic acid groups (broad SMARTS) is 1. The van der Waals surface area contributed by atoms with Crippen molar-refractivity contribution in [3.05, 3.63) is 0 Å². The molecule has 1 saturated heterocycles. The number of aldehydes is 1. The average Bonchev–Trinajstić information content (AvgIpc) is 2.67. The van der Waals surface area contributed by atoms with Gasteiger partial charge in [-0.3, -0.25) is 14.4 Å². The fourth-order valence-corrected chi connectivity index (χ4v) is 1.62. The molecular formula is C10H14N2O7. The van der Waals surface area contributed by atoms with E-state index in [1.807, 2.05) is 0 Å². The first kappa shape index (κ1) is 15.1. The first-order valence-corrected chi connectivity index (χ1v) is 5.46. The SMILES string of the molecule is CC(=O)N[C@H]1CON(C(O)(CCC=O)C(=O)O)C1=O. The van der Waals surface area contributed by atoms with Crippen LogP contribution in [0.25, 0.3) is 0 Å². The lowest BCUT2D eigenvalue weighted by Gasteiger charge is -2.30. The topological polar surface area (TPSA) is 133 Å². The van der Waals surface area contributed by atoms with Gasteiger partial charge in [0.25, 0.3) is 11.6 Å². The smallest absolute Gasteiger partial charge is 0.359 e. The summed E-state index contributed by atoms with van der Waals surface area (Å²) in [6.07, 6.45) is -0.356. The molecule has 0 spiro atoms. The predicted molar refractivity (Wildman–Crippen MR) is 58.3 cm³/mol. The molecule has 9 heteroatoms. The van der Waals surface area contributed by atoms with Crippen molar-refractivity contribution >= 4 is 24.1 Å². The van der Waals surface area contributed by atoms with E-state index in [-0.39, 0.29) is 13.0 Å². The van der Waals surface area contributed by atoms with Crippen molar-refractivity contribution in [1.82, 2.24) is 10.4 Å². The van der Waals surface area contributed by atoms with Gasteiger partial charge < -0.3 is 20.3 Å². The largest absolute Gasteiger partial charge is 0.478 e. The number of nitrogens with one attached hydrogen (secondary N) is 1. The summed E-state index contributed by atoms with van der Waals surface area (Å²) < 4.78 is 0. The lowest BCUT2D eigenvalue weighted by molar-refractivity contribution is -0.259. The van der Waals surface area contributed by atoms with Gasteiger partial charge in [0, 0.05) is 19.8 Å². The van der Waals surface area contributed by atoms with Crippen molar-refractivity contribution in [3.8, 4) is 0 Å². The van der Waals surface area contributed by atoms with Gasteiger partial charge in [0.05, 0.1) is 0 Å². The fourth-order valence-electron chi connectivity index (χ4n) is 1.62. The molecule has 3 N–H and O–H groups in total. The van der Waals surface area contributed by atoms with Gasteiger partial charge in [-0.25, -0.2) is 4.79 Å². The third-order valence-corrected chi connectivity index (χ3v) is 2.54. The summed E-state index contributed by atoms with van der Waals surface area (Å²) in [5.74, 6) is -3.09. The Morgan fingerprint density at radius 3 is 2.74 bits per heavy atom. The number of carbonyl (C=O) groups excluding carboxylic acids is 3. The molecule has 0 radical (unpaired) electrons. The molecule has 19 heavy (non-hydrogen) atoms. The molecule has 1 aliphatic rings. The number of nitrogens with zero attached hydrogens (tertiary/aromatic N) is 1. The van der Waals surface area contributed by atoms with Crippen LogP contribution in [0.3, 0.4) is 0 Å². The highest BCUT2D eigenvalue weighted by molar-refractivity contribution is 5.91. The summed E-state index contributed by atoms with van der Waals surface area (Å²) in [6.45, 7) is 0.904. The number of rotatable bonds is 6. The number of hydrogen-bond donors (Lipinski definition) is 3. The van der Waals surface area contributed by atoms with E-state index in [2.05, 4.69) is 5.32 Å². The molecule has 2 atom stereocenters. The fraction of sp³-hybridized carbons (Fsp3) is 0.600. The number of aliphatic carboxylic acids is 1. The van der Waals surface area contributed by atoms with Crippen molar-refractivity contribution in [3.63, 3.8) is 0 Å². The predicted octanol–water partition coefficient (Wildman–Crippen LogP) is -1.98. The zero-order valence-corrected chi connectivity index (χ0v) is 10.2. The summed E-state index contributed by atoms with van der Waals surface area (Å²) in [6, 6.07) is -1.06. The normalized spacial score (nSPS) is 21.9. The van der Waals surface area contributed by atoms with Crippen LogP contribution in [-0.4, -0.2) is 57.7 Å². The molecule has 1 aliphatic heterocycles. The van der Waals surface area contributed by atoms with E-state index in [0.29, 0.717) is 11.3 Å². The van der Waals surface area contributed by atoms with Crippen LogP contribution >= 0.6 is 0 Å². The van der Waals surface area contributed by atoms with E-state index in [1.54, 1.807) is 0 Å². The van der Waals surface area contributed by atoms with E-state index < -0.39 is 36.0 Å². The van der Waals surface area contributed by atoms with Crippen molar-refractivity contribution in [2.75, 3.05) is 6.61 Å². The summed E-state index contributed by atoms with van der Waals surface area (Å²) in [5, 5.41) is 21.5. The monoisotopic (exact) mass is 274 g/mol. The standard InChI is InChI=1S/C10H14N2O7/c1-6(14)11-7-5-19-12(8(7)15)10(18,9(16)17)3-2-4-13/h4,7,18H,2-3,5H2,1H3,(H,11,14)(H,16,17)/t7-,10?/m0/s1. The summed E-state index contributed by atoms with van der Waals surface area (Å²) >= 11 is 0. The number of hydroxylamine groups is 2. The van der Waals surface area contributed by atoms with Crippen LogP contribution in [-0.2, 0) is 24.0 Å². The minimum atomic E-state index is -2.63. The minimum Gasteiger partial charge on any atom is -0.478 e. The summed E-state index contributed by atoms with van der Waals surface area (Å²) in [4.78, 5) is 48.8. The molecular weight excluding hydrogens is 260 g/mol. The average molecular weight is 274 g/mol. The van der Waals surface area contributed by atoms with Gasteiger partial charge in [0.15, 0.2) is 0 Å². The lowest BCUT2D eigenvalue weighted by atomic mass is 10.1. The molecule has 2 amide bonds. The molecule has 1 rings (SSSR count). The Kier molecular flexibility index (Phi) is 4.57. The van der Waals surface area contributed by atoms with E-state index >= 15 is 0 Å². The lowest BCUT2D eigenvalue weighted by Crippen LogP contribution is -2.56. The van der Waals surface area contributed by atoms with Gasteiger partial charge in [-0.2, -0.15) is 5.06 Å². The molecule has 0 saturated carbocycles. The highest BCUT2D eigenvalue weighted by Gasteiger charge is 2.51. The summed E-state index contributed by atoms with van der Waals surface area (Å²) in [7, 11) is 0. The van der Waals surface area contributed by atoms with Crippen LogP contribution in [0.4, 0.5) is 0 Å². The third-order valence-electron chi connectivity index (χ3n) is 2.54. The zero-order valence-electron chi connectivity index (χ0n) is 10.2. The maximum atomic E-state index is 11.8. The van der Waals surface area contributed by atoms with Gasteiger partial charge in [-0.1, -0.05) is 0 Å². The van der Waals surface area contributed by atoms with Crippen molar-refractivity contribution in [2.45, 2.75) is 31.5 Å². The first-order valence-electron chi connectivity index (χ1n) is 5.46.